The maximum absolute atomic E-state index is 13.7. The van der Waals surface area contributed by atoms with E-state index in [1.54, 1.807) is 54.6 Å². The Hall–Kier alpha value is -4.00. The summed E-state index contributed by atoms with van der Waals surface area (Å²) in [5.74, 6) is -2.74. The van der Waals surface area contributed by atoms with Gasteiger partial charge in [0.05, 0.1) is 18.4 Å². The number of hydrogen-bond donors (Lipinski definition) is 1. The smallest absolute Gasteiger partial charge is 0.282 e. The Labute approximate surface area is 171 Å². The summed E-state index contributed by atoms with van der Waals surface area (Å²) < 4.78 is 32.1. The van der Waals surface area contributed by atoms with Crippen LogP contribution in [0.4, 0.5) is 20.2 Å². The molecule has 4 rings (SSSR count). The van der Waals surface area contributed by atoms with E-state index in [1.165, 1.54) is 13.2 Å². The number of methoxy groups -OCH3 is 1. The van der Waals surface area contributed by atoms with Gasteiger partial charge in [0.1, 0.15) is 11.4 Å². The number of rotatable bonds is 5. The van der Waals surface area contributed by atoms with Gasteiger partial charge in [0.25, 0.3) is 11.8 Å². The third-order valence-corrected chi connectivity index (χ3v) is 4.65. The Morgan fingerprint density at radius 3 is 2.30 bits per heavy atom. The summed E-state index contributed by atoms with van der Waals surface area (Å²) in [6.45, 7) is 0. The molecule has 2 amide bonds. The molecular weight excluding hydrogens is 390 g/mol. The zero-order chi connectivity index (χ0) is 21.3. The molecule has 1 N–H and O–H groups in total. The summed E-state index contributed by atoms with van der Waals surface area (Å²) in [7, 11) is 1.48. The molecule has 3 aromatic rings. The average molecular weight is 406 g/mol. The van der Waals surface area contributed by atoms with Gasteiger partial charge in [-0.05, 0) is 29.8 Å². The molecule has 0 saturated carbocycles. The first-order valence-electron chi connectivity index (χ1n) is 9.04. The first-order valence-corrected chi connectivity index (χ1v) is 9.04. The summed E-state index contributed by atoms with van der Waals surface area (Å²) in [6, 6.07) is 18.4. The highest BCUT2D eigenvalue weighted by molar-refractivity contribution is 6.46. The number of carbonyl (C=O) groups excluding carboxylic acids is 2. The van der Waals surface area contributed by atoms with Crippen molar-refractivity contribution in [1.82, 2.24) is 0 Å². The van der Waals surface area contributed by atoms with Crippen LogP contribution in [0.25, 0.3) is 5.57 Å². The van der Waals surface area contributed by atoms with Crippen molar-refractivity contribution in [2.24, 2.45) is 0 Å². The van der Waals surface area contributed by atoms with Crippen LogP contribution >= 0.6 is 0 Å². The third kappa shape index (κ3) is 3.41. The monoisotopic (exact) mass is 406 g/mol. The molecule has 0 atom stereocenters. The van der Waals surface area contributed by atoms with Crippen LogP contribution in [0.15, 0.2) is 78.5 Å². The van der Waals surface area contributed by atoms with E-state index in [9.17, 15) is 18.4 Å². The number of nitrogens with one attached hydrogen (secondary N) is 1. The fraction of sp³-hybridized carbons (Fsp3) is 0.0435. The van der Waals surface area contributed by atoms with E-state index in [0.717, 1.165) is 17.0 Å². The van der Waals surface area contributed by atoms with Crippen LogP contribution in [0, 0.1) is 11.6 Å². The van der Waals surface area contributed by atoms with E-state index in [1.807, 2.05) is 0 Å². The van der Waals surface area contributed by atoms with E-state index in [4.69, 9.17) is 4.74 Å². The Morgan fingerprint density at radius 1 is 0.833 bits per heavy atom. The van der Waals surface area contributed by atoms with Crippen molar-refractivity contribution in [3.05, 3.63) is 95.7 Å². The van der Waals surface area contributed by atoms with Gasteiger partial charge in [-0.2, -0.15) is 0 Å². The van der Waals surface area contributed by atoms with Crippen LogP contribution in [-0.2, 0) is 9.59 Å². The molecule has 1 aliphatic heterocycles. The van der Waals surface area contributed by atoms with Gasteiger partial charge in [0.15, 0.2) is 11.6 Å². The standard InChI is InChI=1S/C23H16F2N2O3/c1-30-17-9-5-8-16(13-17)27-22(28)20(14-6-3-2-4-7-14)21(23(27)29)26-15-10-11-18(24)19(25)12-15/h2-13,26H,1H3. The topological polar surface area (TPSA) is 58.6 Å². The quantitative estimate of drug-likeness (QED) is 0.640. The summed E-state index contributed by atoms with van der Waals surface area (Å²) in [6.07, 6.45) is 0. The lowest BCUT2D eigenvalue weighted by atomic mass is 10.0. The number of benzene rings is 3. The van der Waals surface area contributed by atoms with Gasteiger partial charge >= 0.3 is 0 Å². The molecule has 150 valence electrons. The summed E-state index contributed by atoms with van der Waals surface area (Å²) >= 11 is 0. The maximum atomic E-state index is 13.7. The second-order valence-corrected chi connectivity index (χ2v) is 6.52. The molecule has 0 saturated heterocycles. The van der Waals surface area contributed by atoms with Gasteiger partial charge in [-0.25, -0.2) is 13.7 Å². The summed E-state index contributed by atoms with van der Waals surface area (Å²) in [5, 5.41) is 2.80. The van der Waals surface area contributed by atoms with E-state index in [2.05, 4.69) is 5.32 Å². The minimum atomic E-state index is -1.07. The number of amides is 2. The lowest BCUT2D eigenvalue weighted by molar-refractivity contribution is -0.120. The van der Waals surface area contributed by atoms with Crippen molar-refractivity contribution in [2.75, 3.05) is 17.3 Å². The molecule has 0 aliphatic carbocycles. The van der Waals surface area contributed by atoms with Crippen LogP contribution in [0.2, 0.25) is 0 Å². The van der Waals surface area contributed by atoms with Crippen LogP contribution in [0.1, 0.15) is 5.56 Å². The summed E-state index contributed by atoms with van der Waals surface area (Å²) in [5.41, 5.74) is 1.10. The van der Waals surface area contributed by atoms with Crippen LogP contribution in [0.5, 0.6) is 5.75 Å². The lowest BCUT2D eigenvalue weighted by Crippen LogP contribution is -2.32. The van der Waals surface area contributed by atoms with Gasteiger partial charge in [0.2, 0.25) is 0 Å². The second kappa shape index (κ2) is 7.79. The molecule has 30 heavy (non-hydrogen) atoms. The molecule has 0 fully saturated rings. The van der Waals surface area contributed by atoms with Crippen molar-refractivity contribution >= 4 is 28.8 Å². The molecular formula is C23H16F2N2O3. The fourth-order valence-electron chi connectivity index (χ4n) is 3.22. The van der Waals surface area contributed by atoms with E-state index < -0.39 is 23.4 Å². The van der Waals surface area contributed by atoms with Crippen LogP contribution in [-0.4, -0.2) is 18.9 Å². The highest BCUT2D eigenvalue weighted by Crippen LogP contribution is 2.34. The van der Waals surface area contributed by atoms with Crippen LogP contribution in [0.3, 0.4) is 0 Å². The van der Waals surface area contributed by atoms with E-state index in [-0.39, 0.29) is 17.0 Å². The predicted molar refractivity (Wildman–Crippen MR) is 109 cm³/mol. The summed E-state index contributed by atoms with van der Waals surface area (Å²) in [4.78, 5) is 27.5. The number of halogens is 2. The number of hydrogen-bond acceptors (Lipinski definition) is 4. The zero-order valence-corrected chi connectivity index (χ0v) is 15.9. The molecule has 1 heterocycles. The molecule has 5 nitrogen and oxygen atoms in total. The van der Waals surface area contributed by atoms with Gasteiger partial charge in [-0.3, -0.25) is 9.59 Å². The first kappa shape index (κ1) is 19.3. The minimum absolute atomic E-state index is 0.0278. The van der Waals surface area contributed by atoms with Gasteiger partial charge in [-0.15, -0.1) is 0 Å². The molecule has 0 spiro atoms. The molecule has 1 aliphatic rings. The number of carbonyl (C=O) groups is 2. The lowest BCUT2D eigenvalue weighted by Gasteiger charge is -2.16. The normalized spacial score (nSPS) is 13.8. The number of anilines is 2. The molecule has 0 bridgehead atoms. The van der Waals surface area contributed by atoms with E-state index >= 15 is 0 Å². The van der Waals surface area contributed by atoms with Gasteiger partial charge < -0.3 is 10.1 Å². The largest absolute Gasteiger partial charge is 0.497 e. The van der Waals surface area contributed by atoms with Crippen molar-refractivity contribution < 1.29 is 23.1 Å². The van der Waals surface area contributed by atoms with Crippen molar-refractivity contribution in [3.8, 4) is 5.75 Å². The zero-order valence-electron chi connectivity index (χ0n) is 15.9. The highest BCUT2D eigenvalue weighted by atomic mass is 19.2. The predicted octanol–water partition coefficient (Wildman–Crippen LogP) is 4.37. The third-order valence-electron chi connectivity index (χ3n) is 4.65. The first-order chi connectivity index (χ1) is 14.5. The van der Waals surface area contributed by atoms with Crippen molar-refractivity contribution in [3.63, 3.8) is 0 Å². The van der Waals surface area contributed by atoms with Gasteiger partial charge in [0, 0.05) is 17.8 Å². The molecule has 3 aromatic carbocycles. The second-order valence-electron chi connectivity index (χ2n) is 6.52. The highest BCUT2D eigenvalue weighted by Gasteiger charge is 2.40. The molecule has 0 radical (unpaired) electrons. The molecule has 7 heteroatoms. The van der Waals surface area contributed by atoms with Crippen molar-refractivity contribution in [1.29, 1.82) is 0 Å². The Morgan fingerprint density at radius 2 is 1.60 bits per heavy atom. The van der Waals surface area contributed by atoms with E-state index in [0.29, 0.717) is 17.0 Å². The molecule has 0 unspecified atom stereocenters. The fourth-order valence-corrected chi connectivity index (χ4v) is 3.22. The Kier molecular flexibility index (Phi) is 5.02. The number of imide groups is 1. The SMILES string of the molecule is COc1cccc(N2C(=O)C(Nc3ccc(F)c(F)c3)=C(c3ccccc3)C2=O)c1. The number of nitrogens with zero attached hydrogens (tertiary/aromatic N) is 1. The average Bonchev–Trinajstić information content (AvgIpc) is 3.00. The Bertz CT molecular complexity index is 1180. The maximum Gasteiger partial charge on any atom is 0.282 e. The van der Waals surface area contributed by atoms with Crippen LogP contribution < -0.4 is 15.0 Å². The number of ether oxygens (including phenoxy) is 1. The van der Waals surface area contributed by atoms with Gasteiger partial charge in [-0.1, -0.05) is 36.4 Å². The minimum Gasteiger partial charge on any atom is -0.497 e. The Balaban J connectivity index is 1.81. The molecule has 0 aromatic heterocycles. The van der Waals surface area contributed by atoms with Crippen molar-refractivity contribution in [2.45, 2.75) is 0 Å².